The number of hydrogen-bond acceptors (Lipinski definition) is 5. The summed E-state index contributed by atoms with van der Waals surface area (Å²) in [4.78, 5) is 13.1. The molecule has 0 heterocycles. The molecule has 0 aliphatic heterocycles. The first-order chi connectivity index (χ1) is 15.3. The zero-order valence-corrected chi connectivity index (χ0v) is 19.5. The van der Waals surface area contributed by atoms with Crippen molar-refractivity contribution in [2.24, 2.45) is 11.8 Å². The van der Waals surface area contributed by atoms with Crippen LogP contribution in [0.3, 0.4) is 0 Å². The molecule has 172 valence electrons. The second kappa shape index (κ2) is 9.02. The number of fused-ring (bicyclic) bond motifs is 2. The molecule has 1 N–H and O–H groups in total. The molecule has 1 amide bonds. The van der Waals surface area contributed by atoms with Crippen LogP contribution in [-0.2, 0) is 14.8 Å². The van der Waals surface area contributed by atoms with Crippen LogP contribution in [0.5, 0.6) is 11.5 Å². The van der Waals surface area contributed by atoms with Crippen LogP contribution < -0.4 is 19.1 Å². The van der Waals surface area contributed by atoms with E-state index in [1.165, 1.54) is 20.6 Å². The lowest BCUT2D eigenvalue weighted by Crippen LogP contribution is -2.46. The number of carbonyl (C=O) groups excluding carboxylic acids is 1. The number of carbonyl (C=O) groups is 1. The van der Waals surface area contributed by atoms with Crippen LogP contribution in [0.15, 0.2) is 47.4 Å². The van der Waals surface area contributed by atoms with Gasteiger partial charge in [-0.25, -0.2) is 8.42 Å². The van der Waals surface area contributed by atoms with Gasteiger partial charge in [0.25, 0.3) is 10.0 Å². The summed E-state index contributed by atoms with van der Waals surface area (Å²) in [6, 6.07) is 11.6. The SMILES string of the molecule is COc1ccc(N(CC(=O)N[C@H]2C[C@@H]3CC[C@@H]2C3)S(=O)(=O)c2ccc(C)cc2)cc1OC. The highest BCUT2D eigenvalue weighted by Crippen LogP contribution is 2.44. The average molecular weight is 459 g/mol. The molecule has 2 saturated carbocycles. The third kappa shape index (κ3) is 4.41. The molecule has 2 aromatic rings. The normalized spacial score (nSPS) is 21.9. The van der Waals surface area contributed by atoms with Crippen molar-refractivity contribution in [3.63, 3.8) is 0 Å². The summed E-state index contributed by atoms with van der Waals surface area (Å²) in [6.45, 7) is 1.59. The van der Waals surface area contributed by atoms with E-state index >= 15 is 0 Å². The Morgan fingerprint density at radius 1 is 1.03 bits per heavy atom. The van der Waals surface area contributed by atoms with Gasteiger partial charge >= 0.3 is 0 Å². The van der Waals surface area contributed by atoms with Crippen molar-refractivity contribution in [3.05, 3.63) is 48.0 Å². The van der Waals surface area contributed by atoms with Gasteiger partial charge in [0.2, 0.25) is 5.91 Å². The van der Waals surface area contributed by atoms with E-state index in [0.29, 0.717) is 29.0 Å². The van der Waals surface area contributed by atoms with Gasteiger partial charge in [-0.3, -0.25) is 9.10 Å². The number of ether oxygens (including phenoxy) is 2. The molecule has 0 aromatic heterocycles. The topological polar surface area (TPSA) is 84.9 Å². The Morgan fingerprint density at radius 3 is 2.34 bits per heavy atom. The van der Waals surface area contributed by atoms with E-state index in [-0.39, 0.29) is 23.4 Å². The molecule has 4 rings (SSSR count). The summed E-state index contributed by atoms with van der Waals surface area (Å²) < 4.78 is 38.9. The molecule has 2 fully saturated rings. The number of anilines is 1. The van der Waals surface area contributed by atoms with E-state index in [1.807, 2.05) is 6.92 Å². The second-order valence-corrected chi connectivity index (χ2v) is 10.6. The largest absolute Gasteiger partial charge is 0.493 e. The summed E-state index contributed by atoms with van der Waals surface area (Å²) in [5.74, 6) is 1.77. The van der Waals surface area contributed by atoms with Crippen molar-refractivity contribution in [2.75, 3.05) is 25.1 Å². The van der Waals surface area contributed by atoms with Gasteiger partial charge < -0.3 is 14.8 Å². The van der Waals surface area contributed by atoms with E-state index in [1.54, 1.807) is 42.5 Å². The number of methoxy groups -OCH3 is 2. The Balaban J connectivity index is 1.64. The Bertz CT molecular complexity index is 1080. The van der Waals surface area contributed by atoms with Crippen LogP contribution in [0.2, 0.25) is 0 Å². The van der Waals surface area contributed by atoms with E-state index < -0.39 is 10.0 Å². The Kier molecular flexibility index (Phi) is 6.33. The maximum absolute atomic E-state index is 13.6. The maximum atomic E-state index is 13.6. The molecule has 7 nitrogen and oxygen atoms in total. The van der Waals surface area contributed by atoms with Gasteiger partial charge in [-0.1, -0.05) is 24.1 Å². The molecule has 0 unspecified atom stereocenters. The highest BCUT2D eigenvalue weighted by Gasteiger charge is 2.40. The van der Waals surface area contributed by atoms with Gasteiger partial charge in [-0.15, -0.1) is 0 Å². The molecule has 2 aromatic carbocycles. The van der Waals surface area contributed by atoms with E-state index in [0.717, 1.165) is 29.1 Å². The molecule has 0 saturated heterocycles. The smallest absolute Gasteiger partial charge is 0.264 e. The number of nitrogens with one attached hydrogen (secondary N) is 1. The van der Waals surface area contributed by atoms with Crippen molar-refractivity contribution in [3.8, 4) is 11.5 Å². The molecule has 0 spiro atoms. The highest BCUT2D eigenvalue weighted by atomic mass is 32.2. The van der Waals surface area contributed by atoms with Gasteiger partial charge in [0, 0.05) is 12.1 Å². The number of benzene rings is 2. The Labute approximate surface area is 189 Å². The quantitative estimate of drug-likeness (QED) is 0.654. The predicted molar refractivity (Wildman–Crippen MR) is 123 cm³/mol. The maximum Gasteiger partial charge on any atom is 0.264 e. The molecule has 32 heavy (non-hydrogen) atoms. The number of sulfonamides is 1. The number of aryl methyl sites for hydroxylation is 1. The number of rotatable bonds is 8. The number of amides is 1. The van der Waals surface area contributed by atoms with E-state index in [2.05, 4.69) is 5.32 Å². The van der Waals surface area contributed by atoms with E-state index in [9.17, 15) is 13.2 Å². The second-order valence-electron chi connectivity index (χ2n) is 8.71. The molecule has 2 bridgehead atoms. The minimum atomic E-state index is -3.98. The Hall–Kier alpha value is -2.74. The van der Waals surface area contributed by atoms with Gasteiger partial charge in [-0.05, 0) is 62.3 Å². The summed E-state index contributed by atoms with van der Waals surface area (Å²) >= 11 is 0. The molecule has 8 heteroatoms. The van der Waals surface area contributed by atoms with Crippen LogP contribution in [0.25, 0.3) is 0 Å². The lowest BCUT2D eigenvalue weighted by atomic mass is 9.95. The fourth-order valence-corrected chi connectivity index (χ4v) is 6.35. The lowest BCUT2D eigenvalue weighted by Gasteiger charge is -2.27. The van der Waals surface area contributed by atoms with Crippen molar-refractivity contribution in [1.29, 1.82) is 0 Å². The highest BCUT2D eigenvalue weighted by molar-refractivity contribution is 7.92. The summed E-state index contributed by atoms with van der Waals surface area (Å²) in [7, 11) is -0.975. The van der Waals surface area contributed by atoms with Crippen LogP contribution in [-0.4, -0.2) is 41.1 Å². The summed E-state index contributed by atoms with van der Waals surface area (Å²) in [5.41, 5.74) is 1.29. The fraction of sp³-hybridized carbons (Fsp3) is 0.458. The molecule has 2 aliphatic carbocycles. The number of hydrogen-bond donors (Lipinski definition) is 1. The molecular formula is C24H30N2O5S. The van der Waals surface area contributed by atoms with Crippen LogP contribution in [0, 0.1) is 18.8 Å². The van der Waals surface area contributed by atoms with Crippen LogP contribution in [0.4, 0.5) is 5.69 Å². The molecular weight excluding hydrogens is 428 g/mol. The standard InChI is InChI=1S/C24H30N2O5S/c1-16-4-9-20(10-5-16)32(28,29)26(19-8-11-22(30-2)23(14-19)31-3)15-24(27)25-21-13-17-6-7-18(21)12-17/h4-5,8-11,14,17-18,21H,6-7,12-13,15H2,1-3H3,(H,25,27)/t17-,18-,21+/m1/s1. The summed E-state index contributed by atoms with van der Waals surface area (Å²) in [6.07, 6.45) is 4.51. The van der Waals surface area contributed by atoms with Gasteiger partial charge in [0.15, 0.2) is 11.5 Å². The first kappa shape index (κ1) is 22.5. The zero-order valence-electron chi connectivity index (χ0n) is 18.7. The van der Waals surface area contributed by atoms with Crippen molar-refractivity contribution in [2.45, 2.75) is 43.5 Å². The Morgan fingerprint density at radius 2 is 1.75 bits per heavy atom. The first-order valence-electron chi connectivity index (χ1n) is 10.9. The molecule has 0 radical (unpaired) electrons. The minimum Gasteiger partial charge on any atom is -0.493 e. The van der Waals surface area contributed by atoms with Crippen LogP contribution in [0.1, 0.15) is 31.2 Å². The fourth-order valence-electron chi connectivity index (χ4n) is 4.94. The van der Waals surface area contributed by atoms with Crippen LogP contribution >= 0.6 is 0 Å². The minimum absolute atomic E-state index is 0.130. The first-order valence-corrected chi connectivity index (χ1v) is 12.4. The van der Waals surface area contributed by atoms with Crippen molar-refractivity contribution in [1.82, 2.24) is 5.32 Å². The number of nitrogens with zero attached hydrogens (tertiary/aromatic N) is 1. The molecule has 3 atom stereocenters. The third-order valence-electron chi connectivity index (χ3n) is 6.64. The lowest BCUT2D eigenvalue weighted by molar-refractivity contribution is -0.120. The van der Waals surface area contributed by atoms with E-state index in [4.69, 9.17) is 9.47 Å². The summed E-state index contributed by atoms with van der Waals surface area (Å²) in [5, 5.41) is 3.09. The van der Waals surface area contributed by atoms with Gasteiger partial charge in [0.1, 0.15) is 6.54 Å². The average Bonchev–Trinajstić information content (AvgIpc) is 3.40. The zero-order chi connectivity index (χ0) is 22.9. The van der Waals surface area contributed by atoms with Gasteiger partial charge in [-0.2, -0.15) is 0 Å². The molecule has 2 aliphatic rings. The van der Waals surface area contributed by atoms with Gasteiger partial charge in [0.05, 0.1) is 24.8 Å². The monoisotopic (exact) mass is 458 g/mol. The van der Waals surface area contributed by atoms with Crippen molar-refractivity contribution >= 4 is 21.6 Å². The third-order valence-corrected chi connectivity index (χ3v) is 8.42. The van der Waals surface area contributed by atoms with Crippen molar-refractivity contribution < 1.29 is 22.7 Å². The predicted octanol–water partition coefficient (Wildman–Crippen LogP) is 3.51.